The van der Waals surface area contributed by atoms with E-state index in [1.165, 1.54) is 6.20 Å². The monoisotopic (exact) mass is 235 g/mol. The Labute approximate surface area is 94.3 Å². The van der Waals surface area contributed by atoms with Crippen LogP contribution in [-0.2, 0) is 11.3 Å². The average Bonchev–Trinajstić information content (AvgIpc) is 2.76. The van der Waals surface area contributed by atoms with Crippen molar-refractivity contribution in [1.82, 2.24) is 19.7 Å². The molecule has 0 fully saturated rings. The van der Waals surface area contributed by atoms with Crippen LogP contribution in [0.3, 0.4) is 0 Å². The number of rotatable bonds is 3. The van der Waals surface area contributed by atoms with Gasteiger partial charge in [-0.1, -0.05) is 0 Å². The fourth-order valence-electron chi connectivity index (χ4n) is 1.23. The molecule has 8 nitrogen and oxygen atoms in total. The molecule has 0 spiro atoms. The Balaban J connectivity index is 2.11. The van der Waals surface area contributed by atoms with Gasteiger partial charge >= 0.3 is 0 Å². The number of H-pyrrole nitrogens is 2. The topological polar surface area (TPSA) is 113 Å². The number of nitrogens with one attached hydrogen (secondary N) is 3. The van der Waals surface area contributed by atoms with Gasteiger partial charge < -0.3 is 4.98 Å². The predicted molar refractivity (Wildman–Crippen MR) is 58.5 cm³/mol. The molecule has 0 bridgehead atoms. The van der Waals surface area contributed by atoms with Crippen LogP contribution >= 0.6 is 0 Å². The van der Waals surface area contributed by atoms with Gasteiger partial charge in [0.1, 0.15) is 6.54 Å². The molecule has 0 saturated carbocycles. The molecule has 88 valence electrons. The summed E-state index contributed by atoms with van der Waals surface area (Å²) in [5.41, 5.74) is -0.908. The van der Waals surface area contributed by atoms with E-state index in [1.807, 2.05) is 0 Å². The SMILES string of the molecule is O=C(Cn1[nH]c(=O)ccc1=O)Nc1ncc[nH]1. The number of aromatic amines is 2. The van der Waals surface area contributed by atoms with Gasteiger partial charge in [0.25, 0.3) is 11.1 Å². The lowest BCUT2D eigenvalue weighted by Crippen LogP contribution is -2.33. The van der Waals surface area contributed by atoms with Crippen molar-refractivity contribution in [1.29, 1.82) is 0 Å². The van der Waals surface area contributed by atoms with Gasteiger partial charge in [-0.2, -0.15) is 0 Å². The van der Waals surface area contributed by atoms with Crippen molar-refractivity contribution in [3.8, 4) is 0 Å². The first-order chi connectivity index (χ1) is 8.15. The normalized spacial score (nSPS) is 10.1. The minimum Gasteiger partial charge on any atom is -0.331 e. The maximum absolute atomic E-state index is 11.5. The van der Waals surface area contributed by atoms with Gasteiger partial charge in [0, 0.05) is 24.5 Å². The molecule has 1 amide bonds. The minimum absolute atomic E-state index is 0.279. The Hall–Kier alpha value is -2.64. The summed E-state index contributed by atoms with van der Waals surface area (Å²) in [6.07, 6.45) is 3.03. The standard InChI is InChI=1S/C9H9N5O3/c15-6-1-2-8(17)14(13-6)5-7(16)12-9-10-3-4-11-9/h1-4H,5H2,(H,13,15)(H2,10,11,12,16). The predicted octanol–water partition coefficient (Wildman–Crippen LogP) is -1.10. The molecule has 0 radical (unpaired) electrons. The molecule has 8 heteroatoms. The molecule has 0 aromatic carbocycles. The van der Waals surface area contributed by atoms with Crippen molar-refractivity contribution in [2.24, 2.45) is 0 Å². The van der Waals surface area contributed by atoms with E-state index in [0.717, 1.165) is 16.8 Å². The van der Waals surface area contributed by atoms with Crippen LogP contribution in [0.2, 0.25) is 0 Å². The van der Waals surface area contributed by atoms with E-state index < -0.39 is 17.0 Å². The molecular weight excluding hydrogens is 226 g/mol. The van der Waals surface area contributed by atoms with Crippen molar-refractivity contribution in [3.63, 3.8) is 0 Å². The van der Waals surface area contributed by atoms with Crippen LogP contribution in [0.15, 0.2) is 34.1 Å². The highest BCUT2D eigenvalue weighted by molar-refractivity contribution is 5.88. The van der Waals surface area contributed by atoms with E-state index in [2.05, 4.69) is 20.4 Å². The Morgan fingerprint density at radius 2 is 2.24 bits per heavy atom. The third-order valence-electron chi connectivity index (χ3n) is 1.95. The zero-order valence-electron chi connectivity index (χ0n) is 8.64. The number of carbonyl (C=O) groups excluding carboxylic acids is 1. The molecule has 0 saturated heterocycles. The Morgan fingerprint density at radius 3 is 2.94 bits per heavy atom. The largest absolute Gasteiger partial charge is 0.331 e. The number of nitrogens with zero attached hydrogens (tertiary/aromatic N) is 2. The number of anilines is 1. The quantitative estimate of drug-likeness (QED) is 0.626. The molecule has 0 aliphatic carbocycles. The van der Waals surface area contributed by atoms with Crippen LogP contribution in [0.4, 0.5) is 5.95 Å². The number of hydrogen-bond acceptors (Lipinski definition) is 4. The lowest BCUT2D eigenvalue weighted by Gasteiger charge is -2.04. The maximum Gasteiger partial charge on any atom is 0.265 e. The highest BCUT2D eigenvalue weighted by Gasteiger charge is 2.06. The van der Waals surface area contributed by atoms with E-state index in [1.54, 1.807) is 6.20 Å². The Morgan fingerprint density at radius 1 is 1.41 bits per heavy atom. The van der Waals surface area contributed by atoms with Gasteiger partial charge in [-0.3, -0.25) is 24.8 Å². The van der Waals surface area contributed by atoms with Crippen LogP contribution in [-0.4, -0.2) is 25.7 Å². The molecule has 2 aromatic heterocycles. The Bertz CT molecular complexity index is 625. The second-order valence-corrected chi connectivity index (χ2v) is 3.22. The highest BCUT2D eigenvalue weighted by Crippen LogP contribution is 1.94. The number of carbonyl (C=O) groups is 1. The minimum atomic E-state index is -0.469. The van der Waals surface area contributed by atoms with E-state index >= 15 is 0 Å². The lowest BCUT2D eigenvalue weighted by molar-refractivity contribution is -0.117. The second-order valence-electron chi connectivity index (χ2n) is 3.22. The van der Waals surface area contributed by atoms with Crippen LogP contribution < -0.4 is 16.4 Å². The number of hydrogen-bond donors (Lipinski definition) is 3. The summed E-state index contributed by atoms with van der Waals surface area (Å²) in [6.45, 7) is -0.282. The Kier molecular flexibility index (Phi) is 2.86. The molecule has 2 rings (SSSR count). The molecule has 2 aromatic rings. The van der Waals surface area contributed by atoms with E-state index in [9.17, 15) is 14.4 Å². The molecule has 0 unspecified atom stereocenters. The summed E-state index contributed by atoms with van der Waals surface area (Å²) in [4.78, 5) is 40.2. The first-order valence-electron chi connectivity index (χ1n) is 4.74. The lowest BCUT2D eigenvalue weighted by atomic mass is 10.5. The number of aromatic nitrogens is 4. The van der Waals surface area contributed by atoms with Crippen molar-refractivity contribution < 1.29 is 4.79 Å². The van der Waals surface area contributed by atoms with Crippen LogP contribution in [0.5, 0.6) is 0 Å². The first-order valence-corrected chi connectivity index (χ1v) is 4.74. The molecule has 2 heterocycles. The van der Waals surface area contributed by atoms with Crippen molar-refractivity contribution in [2.75, 3.05) is 5.32 Å². The molecule has 0 aliphatic rings. The number of imidazole rings is 1. The number of amides is 1. The molecule has 17 heavy (non-hydrogen) atoms. The smallest absolute Gasteiger partial charge is 0.265 e. The van der Waals surface area contributed by atoms with Crippen molar-refractivity contribution in [3.05, 3.63) is 45.2 Å². The van der Waals surface area contributed by atoms with Crippen molar-refractivity contribution in [2.45, 2.75) is 6.54 Å². The first kappa shape index (κ1) is 10.9. The highest BCUT2D eigenvalue weighted by atomic mass is 16.2. The van der Waals surface area contributed by atoms with Gasteiger partial charge in [0.15, 0.2) is 0 Å². The average molecular weight is 235 g/mol. The fourth-order valence-corrected chi connectivity index (χ4v) is 1.23. The van der Waals surface area contributed by atoms with E-state index in [4.69, 9.17) is 0 Å². The zero-order valence-corrected chi connectivity index (χ0v) is 8.64. The molecule has 0 aliphatic heterocycles. The third-order valence-corrected chi connectivity index (χ3v) is 1.95. The summed E-state index contributed by atoms with van der Waals surface area (Å²) in [5.74, 6) is -0.190. The van der Waals surface area contributed by atoms with Gasteiger partial charge in [-0.15, -0.1) is 0 Å². The molecule has 0 atom stereocenters. The summed E-state index contributed by atoms with van der Waals surface area (Å²) in [7, 11) is 0. The third kappa shape index (κ3) is 2.68. The van der Waals surface area contributed by atoms with Gasteiger partial charge in [0.05, 0.1) is 0 Å². The summed E-state index contributed by atoms with van der Waals surface area (Å²) in [5, 5.41) is 4.67. The van der Waals surface area contributed by atoms with Crippen LogP contribution in [0, 0.1) is 0 Å². The second kappa shape index (κ2) is 4.47. The molecular formula is C9H9N5O3. The van der Waals surface area contributed by atoms with Crippen LogP contribution in [0.1, 0.15) is 0 Å². The van der Waals surface area contributed by atoms with E-state index in [0.29, 0.717) is 0 Å². The van der Waals surface area contributed by atoms with Crippen LogP contribution in [0.25, 0.3) is 0 Å². The van der Waals surface area contributed by atoms with Crippen molar-refractivity contribution >= 4 is 11.9 Å². The fraction of sp³-hybridized carbons (Fsp3) is 0.111. The zero-order chi connectivity index (χ0) is 12.3. The summed E-state index contributed by atoms with van der Waals surface area (Å²) < 4.78 is 0.917. The van der Waals surface area contributed by atoms with Gasteiger partial charge in [-0.05, 0) is 0 Å². The van der Waals surface area contributed by atoms with E-state index in [-0.39, 0.29) is 12.5 Å². The molecule has 3 N–H and O–H groups in total. The maximum atomic E-state index is 11.5. The van der Waals surface area contributed by atoms with Gasteiger partial charge in [0.2, 0.25) is 11.9 Å². The summed E-state index contributed by atoms with van der Waals surface area (Å²) >= 11 is 0. The van der Waals surface area contributed by atoms with Gasteiger partial charge in [-0.25, -0.2) is 9.67 Å². The summed E-state index contributed by atoms with van der Waals surface area (Å²) in [6, 6.07) is 2.20.